The van der Waals surface area contributed by atoms with Crippen LogP contribution in [0.2, 0.25) is 5.02 Å². The Morgan fingerprint density at radius 3 is 2.35 bits per heavy atom. The molecule has 0 saturated carbocycles. The van der Waals surface area contributed by atoms with Gasteiger partial charge in [0.25, 0.3) is 5.56 Å². The number of imidazole rings is 1. The van der Waals surface area contributed by atoms with Gasteiger partial charge in [0.15, 0.2) is 0 Å². The van der Waals surface area contributed by atoms with Crippen molar-refractivity contribution >= 4 is 40.0 Å². The summed E-state index contributed by atoms with van der Waals surface area (Å²) in [7, 11) is 0. The van der Waals surface area contributed by atoms with Crippen molar-refractivity contribution in [3.8, 4) is 11.3 Å². The predicted molar refractivity (Wildman–Crippen MR) is 122 cm³/mol. The summed E-state index contributed by atoms with van der Waals surface area (Å²) in [5.41, 5.74) is 3.16. The number of rotatable bonds is 4. The van der Waals surface area contributed by atoms with E-state index < -0.39 is 0 Å². The molecule has 0 spiro atoms. The molecule has 5 rings (SSSR count). The van der Waals surface area contributed by atoms with Gasteiger partial charge in [0.05, 0.1) is 27.4 Å². The molecule has 0 radical (unpaired) electrons. The predicted octanol–water partition coefficient (Wildman–Crippen LogP) is 4.61. The van der Waals surface area contributed by atoms with Gasteiger partial charge >= 0.3 is 0 Å². The van der Waals surface area contributed by atoms with Gasteiger partial charge in [0.2, 0.25) is 11.7 Å². The maximum absolute atomic E-state index is 13.0. The summed E-state index contributed by atoms with van der Waals surface area (Å²) in [4.78, 5) is 30.6. The highest BCUT2D eigenvalue weighted by atomic mass is 35.5. The first-order chi connectivity index (χ1) is 15.1. The summed E-state index contributed by atoms with van der Waals surface area (Å²) in [6.45, 7) is -0.0209. The second-order valence-corrected chi connectivity index (χ2v) is 7.49. The normalized spacial score (nSPS) is 11.1. The van der Waals surface area contributed by atoms with Crippen LogP contribution in [0.4, 0.5) is 5.69 Å². The zero-order valence-corrected chi connectivity index (χ0v) is 17.1. The molecule has 2 heterocycles. The molecule has 0 atom stereocenters. The topological polar surface area (TPSA) is 68.4 Å². The fourth-order valence-corrected chi connectivity index (χ4v) is 3.86. The summed E-state index contributed by atoms with van der Waals surface area (Å²) < 4.78 is 3.28. The van der Waals surface area contributed by atoms with Crippen LogP contribution in [0.25, 0.3) is 28.1 Å². The number of benzene rings is 3. The van der Waals surface area contributed by atoms with E-state index in [1.165, 1.54) is 10.5 Å². The molecular formula is C24H17ClN4O2. The van der Waals surface area contributed by atoms with Crippen LogP contribution in [0.5, 0.6) is 0 Å². The van der Waals surface area contributed by atoms with Crippen LogP contribution >= 0.6 is 11.6 Å². The van der Waals surface area contributed by atoms with Crippen molar-refractivity contribution in [2.45, 2.75) is 6.54 Å². The standard InChI is InChI=1S/C24H17ClN4O2/c25-17-10-4-5-11-18(17)26-22(30)15-28-20-12-6-7-13-21(20)29-23(31)14-19(27-24(28)29)16-8-2-1-3-9-16/h1-14H,15H2,(H,26,30). The molecule has 0 fully saturated rings. The number of anilines is 1. The van der Waals surface area contributed by atoms with Crippen molar-refractivity contribution in [3.63, 3.8) is 0 Å². The smallest absolute Gasteiger partial charge is 0.260 e. The Labute approximate surface area is 182 Å². The molecule has 31 heavy (non-hydrogen) atoms. The van der Waals surface area contributed by atoms with Crippen LogP contribution in [0.1, 0.15) is 0 Å². The second kappa shape index (κ2) is 7.74. The molecule has 0 bridgehead atoms. The molecule has 7 heteroatoms. The fraction of sp³-hybridized carbons (Fsp3) is 0.0417. The minimum atomic E-state index is -0.268. The zero-order valence-electron chi connectivity index (χ0n) is 16.3. The van der Waals surface area contributed by atoms with E-state index in [2.05, 4.69) is 5.32 Å². The van der Waals surface area contributed by atoms with E-state index >= 15 is 0 Å². The van der Waals surface area contributed by atoms with E-state index in [9.17, 15) is 9.59 Å². The third-order valence-electron chi connectivity index (χ3n) is 5.08. The average molecular weight is 429 g/mol. The molecule has 0 unspecified atom stereocenters. The second-order valence-electron chi connectivity index (χ2n) is 7.08. The van der Waals surface area contributed by atoms with Crippen molar-refractivity contribution in [2.75, 3.05) is 5.32 Å². The highest BCUT2D eigenvalue weighted by molar-refractivity contribution is 6.33. The number of para-hydroxylation sites is 3. The molecule has 0 aliphatic heterocycles. The fourth-order valence-electron chi connectivity index (χ4n) is 3.68. The Balaban J connectivity index is 1.65. The number of fused-ring (bicyclic) bond motifs is 3. The lowest BCUT2D eigenvalue weighted by molar-refractivity contribution is -0.116. The van der Waals surface area contributed by atoms with E-state index in [1.54, 1.807) is 28.8 Å². The van der Waals surface area contributed by atoms with Crippen LogP contribution in [-0.4, -0.2) is 19.9 Å². The number of amides is 1. The van der Waals surface area contributed by atoms with E-state index in [0.717, 1.165) is 11.1 Å². The van der Waals surface area contributed by atoms with Crippen LogP contribution in [0.15, 0.2) is 89.7 Å². The van der Waals surface area contributed by atoms with E-state index in [1.807, 2.05) is 54.6 Å². The molecular weight excluding hydrogens is 412 g/mol. The minimum Gasteiger partial charge on any atom is -0.323 e. The summed E-state index contributed by atoms with van der Waals surface area (Å²) in [5, 5.41) is 3.29. The minimum absolute atomic E-state index is 0.0209. The molecule has 0 saturated heterocycles. The molecule has 152 valence electrons. The largest absolute Gasteiger partial charge is 0.323 e. The van der Waals surface area contributed by atoms with Crippen molar-refractivity contribution in [3.05, 3.63) is 100 Å². The van der Waals surface area contributed by atoms with Crippen molar-refractivity contribution in [1.82, 2.24) is 14.0 Å². The summed E-state index contributed by atoms with van der Waals surface area (Å²) in [6, 6.07) is 25.5. The van der Waals surface area contributed by atoms with Crippen LogP contribution < -0.4 is 10.9 Å². The molecule has 1 N–H and O–H groups in total. The van der Waals surface area contributed by atoms with Gasteiger partial charge in [-0.1, -0.05) is 66.2 Å². The Morgan fingerprint density at radius 2 is 1.58 bits per heavy atom. The Morgan fingerprint density at radius 1 is 0.903 bits per heavy atom. The van der Waals surface area contributed by atoms with Gasteiger partial charge in [-0.3, -0.25) is 9.59 Å². The van der Waals surface area contributed by atoms with E-state index in [4.69, 9.17) is 16.6 Å². The lowest BCUT2D eigenvalue weighted by Crippen LogP contribution is -2.20. The summed E-state index contributed by atoms with van der Waals surface area (Å²) >= 11 is 6.17. The monoisotopic (exact) mass is 428 g/mol. The van der Waals surface area contributed by atoms with Gasteiger partial charge in [-0.2, -0.15) is 0 Å². The van der Waals surface area contributed by atoms with Gasteiger partial charge in [0.1, 0.15) is 6.54 Å². The van der Waals surface area contributed by atoms with Crippen molar-refractivity contribution in [1.29, 1.82) is 0 Å². The first kappa shape index (κ1) is 19.1. The third-order valence-corrected chi connectivity index (χ3v) is 5.40. The molecule has 3 aromatic carbocycles. The van der Waals surface area contributed by atoms with Gasteiger partial charge in [-0.05, 0) is 24.3 Å². The number of hydrogen-bond donors (Lipinski definition) is 1. The highest BCUT2D eigenvalue weighted by Crippen LogP contribution is 2.23. The Kier molecular flexibility index (Phi) is 4.76. The number of carbonyl (C=O) groups is 1. The lowest BCUT2D eigenvalue weighted by atomic mass is 10.1. The molecule has 0 aliphatic carbocycles. The Bertz CT molecular complexity index is 1490. The number of nitrogens with zero attached hydrogens (tertiary/aromatic N) is 3. The van der Waals surface area contributed by atoms with E-state index in [-0.39, 0.29) is 18.0 Å². The van der Waals surface area contributed by atoms with E-state index in [0.29, 0.717) is 27.7 Å². The van der Waals surface area contributed by atoms with Crippen LogP contribution in [0, 0.1) is 0 Å². The number of hydrogen-bond acceptors (Lipinski definition) is 3. The van der Waals surface area contributed by atoms with Crippen LogP contribution in [-0.2, 0) is 11.3 Å². The van der Waals surface area contributed by atoms with Crippen LogP contribution in [0.3, 0.4) is 0 Å². The Hall–Kier alpha value is -3.90. The SMILES string of the molecule is O=C(Cn1c2ccccc2n2c(=O)cc(-c3ccccc3)nc12)Nc1ccccc1Cl. The summed E-state index contributed by atoms with van der Waals surface area (Å²) in [6.07, 6.45) is 0. The molecule has 6 nitrogen and oxygen atoms in total. The number of carbonyl (C=O) groups excluding carboxylic acids is 1. The van der Waals surface area contributed by atoms with Crippen molar-refractivity contribution in [2.24, 2.45) is 0 Å². The van der Waals surface area contributed by atoms with Gasteiger partial charge < -0.3 is 9.88 Å². The van der Waals surface area contributed by atoms with Gasteiger partial charge in [-0.15, -0.1) is 0 Å². The number of halogens is 1. The summed E-state index contributed by atoms with van der Waals surface area (Å²) in [5.74, 6) is 0.137. The first-order valence-corrected chi connectivity index (χ1v) is 10.1. The highest BCUT2D eigenvalue weighted by Gasteiger charge is 2.17. The van der Waals surface area contributed by atoms with Gasteiger partial charge in [-0.25, -0.2) is 9.38 Å². The third kappa shape index (κ3) is 3.47. The zero-order chi connectivity index (χ0) is 21.4. The maximum atomic E-state index is 13.0. The number of nitrogens with one attached hydrogen (secondary N) is 1. The quantitative estimate of drug-likeness (QED) is 0.454. The maximum Gasteiger partial charge on any atom is 0.260 e. The molecule has 5 aromatic rings. The molecule has 2 aromatic heterocycles. The first-order valence-electron chi connectivity index (χ1n) is 9.72. The van der Waals surface area contributed by atoms with Gasteiger partial charge in [0, 0.05) is 11.6 Å². The van der Waals surface area contributed by atoms with Crippen molar-refractivity contribution < 1.29 is 4.79 Å². The lowest BCUT2D eigenvalue weighted by Gasteiger charge is -2.09. The molecule has 1 amide bonds. The molecule has 0 aliphatic rings. The average Bonchev–Trinajstić information content (AvgIpc) is 3.10. The number of aromatic nitrogens is 3.